The van der Waals surface area contributed by atoms with Gasteiger partial charge in [0.2, 0.25) is 0 Å². The Kier molecular flexibility index (Phi) is 4.54. The third-order valence-electron chi connectivity index (χ3n) is 3.73. The highest BCUT2D eigenvalue weighted by Gasteiger charge is 2.05. The number of halogens is 1. The maximum atomic E-state index is 12.3. The maximum Gasteiger partial charge on any atom is 0.185 e. The molecule has 4 heteroatoms. The molecule has 0 amide bonds. The van der Waals surface area contributed by atoms with Crippen molar-refractivity contribution in [3.05, 3.63) is 76.8 Å². The largest absolute Gasteiger partial charge is 0.506 e. The summed E-state index contributed by atoms with van der Waals surface area (Å²) in [6.45, 7) is 0. The molecular formula is C20H15ClO3. The number of hydrogen-bond donors (Lipinski definition) is 1. The van der Waals surface area contributed by atoms with Crippen LogP contribution in [0.5, 0.6) is 11.5 Å². The van der Waals surface area contributed by atoms with Crippen LogP contribution in [0.3, 0.4) is 0 Å². The molecule has 3 aromatic rings. The van der Waals surface area contributed by atoms with Crippen LogP contribution in [0.25, 0.3) is 16.8 Å². The molecule has 0 atom stereocenters. The number of phenols is 1. The van der Waals surface area contributed by atoms with Gasteiger partial charge in [0.1, 0.15) is 11.5 Å². The Labute approximate surface area is 144 Å². The third kappa shape index (κ3) is 3.42. The minimum atomic E-state index is -0.100. The van der Waals surface area contributed by atoms with Crippen molar-refractivity contribution in [2.75, 3.05) is 7.11 Å². The summed E-state index contributed by atoms with van der Waals surface area (Å²) in [4.78, 5) is 12.3. The van der Waals surface area contributed by atoms with Crippen LogP contribution in [-0.4, -0.2) is 18.0 Å². The Morgan fingerprint density at radius 2 is 1.79 bits per heavy atom. The van der Waals surface area contributed by atoms with Crippen molar-refractivity contribution in [2.24, 2.45) is 0 Å². The first-order chi connectivity index (χ1) is 11.6. The van der Waals surface area contributed by atoms with E-state index >= 15 is 0 Å². The van der Waals surface area contributed by atoms with Crippen molar-refractivity contribution in [3.8, 4) is 11.5 Å². The Balaban J connectivity index is 1.85. The second-order valence-corrected chi connectivity index (χ2v) is 5.74. The monoisotopic (exact) mass is 338 g/mol. The van der Waals surface area contributed by atoms with Crippen LogP contribution in [-0.2, 0) is 0 Å². The fourth-order valence-corrected chi connectivity index (χ4v) is 2.59. The summed E-state index contributed by atoms with van der Waals surface area (Å²) in [7, 11) is 1.62. The number of ether oxygens (including phenoxy) is 1. The second kappa shape index (κ2) is 6.77. The van der Waals surface area contributed by atoms with Gasteiger partial charge in [-0.1, -0.05) is 41.9 Å². The summed E-state index contributed by atoms with van der Waals surface area (Å²) in [6.07, 6.45) is 3.17. The zero-order chi connectivity index (χ0) is 17.1. The first kappa shape index (κ1) is 16.1. The number of ketones is 1. The zero-order valence-electron chi connectivity index (χ0n) is 13.0. The summed E-state index contributed by atoms with van der Waals surface area (Å²) in [5.74, 6) is 0.702. The van der Waals surface area contributed by atoms with Gasteiger partial charge in [-0.3, -0.25) is 4.79 Å². The average Bonchev–Trinajstić information content (AvgIpc) is 2.61. The van der Waals surface area contributed by atoms with Gasteiger partial charge in [0.25, 0.3) is 0 Å². The summed E-state index contributed by atoms with van der Waals surface area (Å²) in [5.41, 5.74) is 1.35. The Hall–Kier alpha value is -2.78. The van der Waals surface area contributed by atoms with Gasteiger partial charge in [-0.25, -0.2) is 0 Å². The molecule has 120 valence electrons. The summed E-state index contributed by atoms with van der Waals surface area (Å²) in [5, 5.41) is 11.6. The first-order valence-corrected chi connectivity index (χ1v) is 7.73. The van der Waals surface area contributed by atoms with Gasteiger partial charge in [-0.2, -0.15) is 0 Å². The fraction of sp³-hybridized carbons (Fsp3) is 0.0500. The third-order valence-corrected chi connectivity index (χ3v) is 4.03. The number of phenolic OH excluding ortho intramolecular Hbond substituents is 1. The van der Waals surface area contributed by atoms with Crippen LogP contribution < -0.4 is 4.74 Å². The normalized spacial score (nSPS) is 11.1. The van der Waals surface area contributed by atoms with Gasteiger partial charge in [0, 0.05) is 5.56 Å². The molecule has 0 fully saturated rings. The number of benzene rings is 3. The minimum absolute atomic E-state index is 0.0186. The quantitative estimate of drug-likeness (QED) is 0.531. The lowest BCUT2D eigenvalue weighted by Gasteiger charge is -2.04. The van der Waals surface area contributed by atoms with Crippen LogP contribution in [0.15, 0.2) is 60.7 Å². The van der Waals surface area contributed by atoms with E-state index in [-0.39, 0.29) is 16.6 Å². The first-order valence-electron chi connectivity index (χ1n) is 7.35. The molecule has 0 unspecified atom stereocenters. The molecule has 0 aliphatic rings. The molecule has 0 aliphatic heterocycles. The van der Waals surface area contributed by atoms with Crippen LogP contribution >= 0.6 is 11.6 Å². The van der Waals surface area contributed by atoms with Gasteiger partial charge in [-0.15, -0.1) is 0 Å². The molecule has 0 saturated carbocycles. The second-order valence-electron chi connectivity index (χ2n) is 5.34. The zero-order valence-corrected chi connectivity index (χ0v) is 13.7. The topological polar surface area (TPSA) is 46.5 Å². The molecule has 3 rings (SSSR count). The number of rotatable bonds is 4. The number of carbonyl (C=O) groups excluding carboxylic acids is 1. The molecule has 0 aromatic heterocycles. The molecule has 0 radical (unpaired) electrons. The highest BCUT2D eigenvalue weighted by molar-refractivity contribution is 6.32. The molecule has 1 N–H and O–H groups in total. The van der Waals surface area contributed by atoms with E-state index in [9.17, 15) is 9.90 Å². The van der Waals surface area contributed by atoms with Crippen molar-refractivity contribution in [2.45, 2.75) is 0 Å². The summed E-state index contributed by atoms with van der Waals surface area (Å²) in [6, 6.07) is 16.1. The summed E-state index contributed by atoms with van der Waals surface area (Å²) < 4.78 is 5.20. The highest BCUT2D eigenvalue weighted by atomic mass is 35.5. The number of fused-ring (bicyclic) bond motifs is 1. The summed E-state index contributed by atoms with van der Waals surface area (Å²) >= 11 is 5.86. The maximum absolute atomic E-state index is 12.3. The van der Waals surface area contributed by atoms with Crippen molar-refractivity contribution in [1.82, 2.24) is 0 Å². The van der Waals surface area contributed by atoms with E-state index < -0.39 is 0 Å². The van der Waals surface area contributed by atoms with Gasteiger partial charge in [0.15, 0.2) is 5.78 Å². The minimum Gasteiger partial charge on any atom is -0.506 e. The number of allylic oxidation sites excluding steroid dienone is 1. The average molecular weight is 339 g/mol. The van der Waals surface area contributed by atoms with E-state index in [1.54, 1.807) is 31.4 Å². The number of aromatic hydroxyl groups is 1. The molecule has 0 spiro atoms. The molecule has 0 bridgehead atoms. The lowest BCUT2D eigenvalue weighted by atomic mass is 10.0. The Morgan fingerprint density at radius 3 is 2.54 bits per heavy atom. The lowest BCUT2D eigenvalue weighted by molar-refractivity contribution is 0.104. The molecule has 0 heterocycles. The van der Waals surface area contributed by atoms with E-state index in [2.05, 4.69) is 0 Å². The lowest BCUT2D eigenvalue weighted by Crippen LogP contribution is -1.94. The van der Waals surface area contributed by atoms with Crippen molar-refractivity contribution < 1.29 is 14.6 Å². The molecular weight excluding hydrogens is 324 g/mol. The molecule has 24 heavy (non-hydrogen) atoms. The van der Waals surface area contributed by atoms with E-state index in [1.807, 2.05) is 30.3 Å². The Morgan fingerprint density at radius 1 is 1.04 bits per heavy atom. The van der Waals surface area contributed by atoms with Crippen molar-refractivity contribution in [1.29, 1.82) is 0 Å². The van der Waals surface area contributed by atoms with Crippen molar-refractivity contribution in [3.63, 3.8) is 0 Å². The predicted molar refractivity (Wildman–Crippen MR) is 97.0 cm³/mol. The van der Waals surface area contributed by atoms with E-state index in [4.69, 9.17) is 16.3 Å². The standard InChI is InChI=1S/C20H15ClO3/c1-24-17-7-6-14-11-16(5-4-15(14)12-17)19(22)8-2-13-3-9-20(23)18(21)10-13/h2-12,23H,1H3. The Bertz CT molecular complexity index is 945. The van der Waals surface area contributed by atoms with Crippen LogP contribution in [0, 0.1) is 0 Å². The van der Waals surface area contributed by atoms with Crippen LogP contribution in [0.4, 0.5) is 0 Å². The molecule has 0 aliphatic carbocycles. The van der Waals surface area contributed by atoms with Gasteiger partial charge in [-0.05, 0) is 52.7 Å². The smallest absolute Gasteiger partial charge is 0.185 e. The SMILES string of the molecule is COc1ccc2cc(C(=O)C=Cc3ccc(O)c(Cl)c3)ccc2c1. The number of hydrogen-bond acceptors (Lipinski definition) is 3. The van der Waals surface area contributed by atoms with Crippen LogP contribution in [0.2, 0.25) is 5.02 Å². The fourth-order valence-electron chi connectivity index (χ4n) is 2.40. The van der Waals surface area contributed by atoms with Gasteiger partial charge < -0.3 is 9.84 Å². The van der Waals surface area contributed by atoms with Crippen LogP contribution in [0.1, 0.15) is 15.9 Å². The number of carbonyl (C=O) groups is 1. The van der Waals surface area contributed by atoms with E-state index in [0.717, 1.165) is 22.1 Å². The van der Waals surface area contributed by atoms with E-state index in [0.29, 0.717) is 5.56 Å². The van der Waals surface area contributed by atoms with Crippen molar-refractivity contribution >= 4 is 34.2 Å². The van der Waals surface area contributed by atoms with E-state index in [1.165, 1.54) is 12.1 Å². The molecule has 3 nitrogen and oxygen atoms in total. The van der Waals surface area contributed by atoms with Gasteiger partial charge >= 0.3 is 0 Å². The molecule has 0 saturated heterocycles. The molecule has 3 aromatic carbocycles. The predicted octanol–water partition coefficient (Wildman–Crippen LogP) is 5.10. The number of methoxy groups -OCH3 is 1. The highest BCUT2D eigenvalue weighted by Crippen LogP contribution is 2.25. The van der Waals surface area contributed by atoms with Gasteiger partial charge in [0.05, 0.1) is 12.1 Å².